The van der Waals surface area contributed by atoms with Crippen LogP contribution in [0.25, 0.3) is 0 Å². The lowest BCUT2D eigenvalue weighted by Gasteiger charge is -2.18. The molecule has 1 atom stereocenters. The maximum atomic E-state index is 12.6. The van der Waals surface area contributed by atoms with Crippen LogP contribution in [0.4, 0.5) is 18.9 Å². The van der Waals surface area contributed by atoms with Crippen LogP contribution < -0.4 is 5.32 Å². The molecule has 1 aromatic carbocycles. The van der Waals surface area contributed by atoms with Crippen LogP contribution in [-0.4, -0.2) is 18.6 Å². The second-order valence-electron chi connectivity index (χ2n) is 4.32. The molecular formula is C14H18F3NO2. The van der Waals surface area contributed by atoms with Gasteiger partial charge in [0.15, 0.2) is 0 Å². The van der Waals surface area contributed by atoms with Gasteiger partial charge in [-0.05, 0) is 31.5 Å². The molecule has 1 unspecified atom stereocenters. The van der Waals surface area contributed by atoms with Gasteiger partial charge in [-0.3, -0.25) is 0 Å². The lowest BCUT2D eigenvalue weighted by Crippen LogP contribution is -2.31. The Balaban J connectivity index is 2.86. The second kappa shape index (κ2) is 7.17. The van der Waals surface area contributed by atoms with Crippen molar-refractivity contribution in [2.45, 2.75) is 38.9 Å². The summed E-state index contributed by atoms with van der Waals surface area (Å²) in [5.74, 6) is -0.452. The molecule has 1 N–H and O–H groups in total. The fraction of sp³-hybridized carbons (Fsp3) is 0.500. The van der Waals surface area contributed by atoms with Crippen molar-refractivity contribution in [1.29, 1.82) is 0 Å². The van der Waals surface area contributed by atoms with Crippen molar-refractivity contribution >= 4 is 11.7 Å². The Morgan fingerprint density at radius 1 is 1.35 bits per heavy atom. The van der Waals surface area contributed by atoms with Gasteiger partial charge in [0.05, 0.1) is 12.2 Å². The highest BCUT2D eigenvalue weighted by molar-refractivity contribution is 5.79. The van der Waals surface area contributed by atoms with Gasteiger partial charge >= 0.3 is 12.1 Å². The summed E-state index contributed by atoms with van der Waals surface area (Å²) in [7, 11) is 0. The van der Waals surface area contributed by atoms with E-state index in [1.807, 2.05) is 6.92 Å². The molecular weight excluding hydrogens is 271 g/mol. The summed E-state index contributed by atoms with van der Waals surface area (Å²) < 4.78 is 42.7. The van der Waals surface area contributed by atoms with Crippen LogP contribution in [0.2, 0.25) is 0 Å². The molecule has 0 heterocycles. The van der Waals surface area contributed by atoms with E-state index in [0.29, 0.717) is 6.42 Å². The highest BCUT2D eigenvalue weighted by Crippen LogP contribution is 2.30. The summed E-state index contributed by atoms with van der Waals surface area (Å²) in [6.45, 7) is 3.81. The average Bonchev–Trinajstić information content (AvgIpc) is 2.38. The van der Waals surface area contributed by atoms with E-state index in [2.05, 4.69) is 5.32 Å². The maximum absolute atomic E-state index is 12.6. The molecule has 0 saturated carbocycles. The molecule has 1 aromatic rings. The van der Waals surface area contributed by atoms with Crippen LogP contribution in [0.3, 0.4) is 0 Å². The number of hydrogen-bond acceptors (Lipinski definition) is 3. The summed E-state index contributed by atoms with van der Waals surface area (Å²) in [5, 5.41) is 2.80. The maximum Gasteiger partial charge on any atom is 0.416 e. The number of nitrogens with one attached hydrogen (secondary N) is 1. The monoisotopic (exact) mass is 289 g/mol. The minimum atomic E-state index is -4.40. The van der Waals surface area contributed by atoms with E-state index in [1.54, 1.807) is 6.92 Å². The molecule has 1 rings (SSSR count). The lowest BCUT2D eigenvalue weighted by molar-refractivity contribution is -0.144. The standard InChI is InChI=1S/C14H18F3NO2/c1-3-6-12(13(19)20-4-2)18-11-8-5-7-10(9-11)14(15,16)17/h5,7-9,12,18H,3-4,6H2,1-2H3. The number of rotatable bonds is 6. The van der Waals surface area contributed by atoms with Crippen LogP contribution in [-0.2, 0) is 15.7 Å². The number of esters is 1. The van der Waals surface area contributed by atoms with Crippen molar-refractivity contribution in [1.82, 2.24) is 0 Å². The summed E-state index contributed by atoms with van der Waals surface area (Å²) >= 11 is 0. The Morgan fingerprint density at radius 2 is 2.05 bits per heavy atom. The molecule has 0 amide bonds. The SMILES string of the molecule is CCCC(Nc1cccc(C(F)(F)F)c1)C(=O)OCC. The normalized spacial score (nSPS) is 12.8. The van der Waals surface area contributed by atoms with E-state index in [4.69, 9.17) is 4.74 Å². The fourth-order valence-corrected chi connectivity index (χ4v) is 1.77. The molecule has 0 aliphatic heterocycles. The van der Waals surface area contributed by atoms with Crippen molar-refractivity contribution in [2.24, 2.45) is 0 Å². The van der Waals surface area contributed by atoms with Gasteiger partial charge in [0.2, 0.25) is 0 Å². The summed E-state index contributed by atoms with van der Waals surface area (Å²) in [6.07, 6.45) is -3.19. The van der Waals surface area contributed by atoms with Gasteiger partial charge in [-0.1, -0.05) is 19.4 Å². The number of carbonyl (C=O) groups excluding carboxylic acids is 1. The molecule has 0 saturated heterocycles. The largest absolute Gasteiger partial charge is 0.464 e. The van der Waals surface area contributed by atoms with Crippen molar-refractivity contribution in [3.8, 4) is 0 Å². The summed E-state index contributed by atoms with van der Waals surface area (Å²) in [6, 6.07) is 4.14. The van der Waals surface area contributed by atoms with Crippen LogP contribution in [0, 0.1) is 0 Å². The minimum Gasteiger partial charge on any atom is -0.464 e. The number of benzene rings is 1. The first-order chi connectivity index (χ1) is 9.38. The smallest absolute Gasteiger partial charge is 0.416 e. The number of halogens is 3. The molecule has 3 nitrogen and oxygen atoms in total. The zero-order valence-electron chi connectivity index (χ0n) is 11.5. The highest BCUT2D eigenvalue weighted by Gasteiger charge is 2.30. The van der Waals surface area contributed by atoms with Crippen molar-refractivity contribution < 1.29 is 22.7 Å². The quantitative estimate of drug-likeness (QED) is 0.808. The van der Waals surface area contributed by atoms with E-state index in [0.717, 1.165) is 18.6 Å². The molecule has 112 valence electrons. The van der Waals surface area contributed by atoms with E-state index in [-0.39, 0.29) is 12.3 Å². The molecule has 20 heavy (non-hydrogen) atoms. The molecule has 0 spiro atoms. The van der Waals surface area contributed by atoms with Gasteiger partial charge in [0, 0.05) is 5.69 Å². The van der Waals surface area contributed by atoms with Crippen LogP contribution in [0.1, 0.15) is 32.3 Å². The Morgan fingerprint density at radius 3 is 2.60 bits per heavy atom. The van der Waals surface area contributed by atoms with Gasteiger partial charge in [0.1, 0.15) is 6.04 Å². The fourth-order valence-electron chi connectivity index (χ4n) is 1.77. The van der Waals surface area contributed by atoms with E-state index < -0.39 is 23.8 Å². The third-order valence-corrected chi connectivity index (χ3v) is 2.68. The first-order valence-corrected chi connectivity index (χ1v) is 6.49. The lowest BCUT2D eigenvalue weighted by atomic mass is 10.1. The van der Waals surface area contributed by atoms with Gasteiger partial charge in [-0.15, -0.1) is 0 Å². The average molecular weight is 289 g/mol. The predicted octanol–water partition coefficient (Wildman–Crippen LogP) is 3.85. The first kappa shape index (κ1) is 16.3. The number of alkyl halides is 3. The van der Waals surface area contributed by atoms with E-state index >= 15 is 0 Å². The molecule has 0 aliphatic carbocycles. The number of anilines is 1. The topological polar surface area (TPSA) is 38.3 Å². The third kappa shape index (κ3) is 4.75. The van der Waals surface area contributed by atoms with Crippen molar-refractivity contribution in [3.05, 3.63) is 29.8 Å². The predicted molar refractivity (Wildman–Crippen MR) is 70.4 cm³/mol. The van der Waals surface area contributed by atoms with Gasteiger partial charge in [0.25, 0.3) is 0 Å². The Hall–Kier alpha value is -1.72. The summed E-state index contributed by atoms with van der Waals surface area (Å²) in [4.78, 5) is 11.7. The molecule has 0 bridgehead atoms. The Kier molecular flexibility index (Phi) is 5.85. The zero-order valence-corrected chi connectivity index (χ0v) is 11.5. The first-order valence-electron chi connectivity index (χ1n) is 6.49. The van der Waals surface area contributed by atoms with Crippen LogP contribution in [0.15, 0.2) is 24.3 Å². The van der Waals surface area contributed by atoms with Gasteiger partial charge in [-0.2, -0.15) is 13.2 Å². The summed E-state index contributed by atoms with van der Waals surface area (Å²) in [5.41, 5.74) is -0.493. The Bertz CT molecular complexity index is 446. The molecule has 0 aliphatic rings. The number of carbonyl (C=O) groups is 1. The highest BCUT2D eigenvalue weighted by atomic mass is 19.4. The van der Waals surface area contributed by atoms with Crippen LogP contribution >= 0.6 is 0 Å². The van der Waals surface area contributed by atoms with Gasteiger partial charge in [-0.25, -0.2) is 4.79 Å². The Labute approximate surface area is 116 Å². The van der Waals surface area contributed by atoms with Gasteiger partial charge < -0.3 is 10.1 Å². The molecule has 0 fully saturated rings. The van der Waals surface area contributed by atoms with E-state index in [1.165, 1.54) is 12.1 Å². The minimum absolute atomic E-state index is 0.239. The zero-order chi connectivity index (χ0) is 15.2. The van der Waals surface area contributed by atoms with E-state index in [9.17, 15) is 18.0 Å². The number of hydrogen-bond donors (Lipinski definition) is 1. The second-order valence-corrected chi connectivity index (χ2v) is 4.32. The molecule has 6 heteroatoms. The molecule has 0 radical (unpaired) electrons. The van der Waals surface area contributed by atoms with Crippen molar-refractivity contribution in [3.63, 3.8) is 0 Å². The van der Waals surface area contributed by atoms with Crippen molar-refractivity contribution in [2.75, 3.05) is 11.9 Å². The number of ether oxygens (including phenoxy) is 1. The third-order valence-electron chi connectivity index (χ3n) is 2.68. The van der Waals surface area contributed by atoms with Crippen LogP contribution in [0.5, 0.6) is 0 Å². The molecule has 0 aromatic heterocycles.